The van der Waals surface area contributed by atoms with Crippen molar-refractivity contribution in [1.29, 1.82) is 0 Å². The van der Waals surface area contributed by atoms with Gasteiger partial charge in [-0.05, 0) is 295 Å². The monoisotopic (exact) mass is 2300 g/mol. The molecule has 0 aliphatic heterocycles. The number of pyridine rings is 1. The van der Waals surface area contributed by atoms with Crippen LogP contribution in [0.15, 0.2) is 289 Å². The maximum Gasteiger partial charge on any atom is 0.410 e. The number of anilines is 4. The Kier molecular flexibility index (Phi) is 35.3. The fourth-order valence-corrected chi connectivity index (χ4v) is 21.8. The zero-order chi connectivity index (χ0) is 109. The molecule has 10 aromatic carbocycles. The van der Waals surface area contributed by atoms with Gasteiger partial charge >= 0.3 is 24.4 Å². The number of nitrogens with one attached hydrogen (secondary N) is 4. The molecule has 0 unspecified atom stereocenters. The summed E-state index contributed by atoms with van der Waals surface area (Å²) in [6.07, 6.45) is 8.80. The highest BCUT2D eigenvalue weighted by Crippen LogP contribution is 2.38. The molecule has 782 valence electrons. The van der Waals surface area contributed by atoms with Crippen molar-refractivity contribution >= 4 is 190 Å². The second kappa shape index (κ2) is 46.1. The smallest absolute Gasteiger partial charge is 0.410 e. The van der Waals surface area contributed by atoms with Gasteiger partial charge in [0.1, 0.15) is 56.4 Å². The topological polar surface area (TPSA) is 339 Å². The van der Waals surface area contributed by atoms with Gasteiger partial charge in [-0.3, -0.25) is 4.98 Å². The summed E-state index contributed by atoms with van der Waals surface area (Å²) in [5.74, 6) is -2.82. The number of halogens is 8. The second-order valence-corrected chi connectivity index (χ2v) is 48.8. The zero-order valence-electron chi connectivity index (χ0n) is 84.5. The van der Waals surface area contributed by atoms with Crippen molar-refractivity contribution in [3.8, 4) is 0 Å². The summed E-state index contributed by atoms with van der Waals surface area (Å²) in [5.41, 5.74) is 6.93. The zero-order valence-corrected chi connectivity index (χ0v) is 92.5. The summed E-state index contributed by atoms with van der Waals surface area (Å²) in [6, 6.07) is 53.9. The first-order chi connectivity index (χ1) is 69.2. The number of aryl methyl sites for hydroxylation is 2. The van der Waals surface area contributed by atoms with E-state index in [1.807, 2.05) is 57.3 Å². The van der Waals surface area contributed by atoms with E-state index < -0.39 is 110 Å². The molecule has 29 nitrogen and oxygen atoms in total. The maximum absolute atomic E-state index is 14.5. The Bertz CT molecular complexity index is 8160. The molecule has 0 saturated carbocycles. The Labute approximate surface area is 881 Å². The standard InChI is InChI=1S/C28H29F2N3O4S.C23H21F2N3O2S.C21H22BrFN2O4S.C20H22BrN3O4S.C15H19BrN2O2/c1-18-9-12-25(24(30)13-18)31-21-10-11-23-19(16-32(5)27(34)37-28(2,3)4)17-33(26(23)15-21)38(35,36)22-8-6-7-20(29)14-22;1-15-6-9-22(21(25)10-15)27-18-7-8-20-16(13-26-2)14-28(23(20)12-18)31(29,30)19-5-3-4-17(24)11-19;1-21(2,3)29-20(26)24(4)12-14-13-25(19-10-15(22)8-9-18(14)19)30(27,28)17-7-5-6-16(23)11-17;1-20(2,3)28-19(25)23(4)12-14-13-24(18-10-15(21)7-8-17(14)18)29(26,27)16-6-5-9-22-11-16;1-15(2,3)20-14(19)18(4)9-10-8-17-13-7-11(16)5-6-12(10)13/h6-15,17,31H,16H2,1-5H3;3-12,14,26-27H,13H2,1-2H3;5-11,13H,12H2,1-4H3;5-11,13H,12H2,1-4H3;5-8,17H,9H2,1-4H3. The summed E-state index contributed by atoms with van der Waals surface area (Å²) in [6.45, 7) is 26.5. The van der Waals surface area contributed by atoms with Gasteiger partial charge in [0.25, 0.3) is 40.1 Å². The lowest BCUT2D eigenvalue weighted by molar-refractivity contribution is 0.0276. The maximum atomic E-state index is 14.5. The third-order valence-corrected chi connectivity index (χ3v) is 30.1. The average Bonchev–Trinajstić information content (AvgIpc) is 1.60. The van der Waals surface area contributed by atoms with Gasteiger partial charge in [-0.25, -0.2) is 90.7 Å². The molecule has 0 fully saturated rings. The minimum absolute atomic E-state index is 0.0520. The molecule has 16 rings (SSSR count). The van der Waals surface area contributed by atoms with Crippen LogP contribution in [0.1, 0.15) is 122 Å². The Morgan fingerprint density at radius 1 is 0.365 bits per heavy atom. The highest BCUT2D eigenvalue weighted by atomic mass is 79.9. The number of rotatable bonds is 22. The van der Waals surface area contributed by atoms with E-state index in [2.05, 4.69) is 73.7 Å². The van der Waals surface area contributed by atoms with Gasteiger partial charge in [0.05, 0.1) is 74.3 Å². The number of H-pyrrole nitrogens is 1. The van der Waals surface area contributed by atoms with Crippen LogP contribution in [-0.2, 0) is 91.8 Å². The van der Waals surface area contributed by atoms with Gasteiger partial charge in [-0.1, -0.05) is 108 Å². The van der Waals surface area contributed by atoms with Crippen LogP contribution < -0.4 is 16.0 Å². The molecule has 148 heavy (non-hydrogen) atoms. The van der Waals surface area contributed by atoms with Crippen LogP contribution in [-0.4, -0.2) is 161 Å². The molecule has 6 heterocycles. The van der Waals surface area contributed by atoms with Crippen LogP contribution >= 0.6 is 47.8 Å². The van der Waals surface area contributed by atoms with Crippen LogP contribution in [0.25, 0.3) is 54.5 Å². The molecule has 4 amide bonds. The fourth-order valence-electron chi connectivity index (χ4n) is 15.2. The SMILES string of the molecule is CN(Cc1c[nH]c2cc(Br)ccc12)C(=O)OC(C)(C)C.CN(Cc1cn(S(=O)(=O)c2cccc(F)c2)c2cc(Br)ccc12)C(=O)OC(C)(C)C.CN(Cc1cn(S(=O)(=O)c2cccnc2)c2cc(Br)ccc12)C(=O)OC(C)(C)C.CNCc1cn(S(=O)(=O)c2cccc(F)c2)c2cc(Nc3ccc(C)cc3F)ccc12.Cc1ccc(Nc2ccc3c(CN(C)C(=O)OC(C)(C)C)cn(S(=O)(=O)c4cccc(F)c4)c3c2)c(F)c1. The summed E-state index contributed by atoms with van der Waals surface area (Å²) in [7, 11) is -7.90. The third-order valence-electron chi connectivity index (χ3n) is 21.9. The lowest BCUT2D eigenvalue weighted by Gasteiger charge is -2.24. The van der Waals surface area contributed by atoms with Crippen molar-refractivity contribution in [2.75, 3.05) is 45.9 Å². The molecule has 0 atom stereocenters. The molecule has 0 aliphatic carbocycles. The Morgan fingerprint density at radius 2 is 0.669 bits per heavy atom. The van der Waals surface area contributed by atoms with Gasteiger partial charge < -0.3 is 59.5 Å². The minimum atomic E-state index is -4.22. The molecule has 6 aromatic heterocycles. The lowest BCUT2D eigenvalue weighted by Crippen LogP contribution is -2.33. The first-order valence-electron chi connectivity index (χ1n) is 46.0. The average molecular weight is 2300 g/mol. The Hall–Kier alpha value is -13.4. The van der Waals surface area contributed by atoms with Crippen molar-refractivity contribution in [1.82, 2.24) is 50.8 Å². The van der Waals surface area contributed by atoms with Crippen molar-refractivity contribution in [2.45, 2.75) is 172 Å². The van der Waals surface area contributed by atoms with Crippen LogP contribution in [0.3, 0.4) is 0 Å². The molecule has 0 spiro atoms. The predicted octanol–water partition coefficient (Wildman–Crippen LogP) is 25.4. The highest BCUT2D eigenvalue weighted by Gasteiger charge is 2.32. The normalized spacial score (nSPS) is 12.0. The van der Waals surface area contributed by atoms with Gasteiger partial charge in [0, 0.05) is 135 Å². The second-order valence-electron chi connectivity index (χ2n) is 38.8. The van der Waals surface area contributed by atoms with E-state index in [0.29, 0.717) is 72.9 Å². The van der Waals surface area contributed by atoms with Crippen LogP contribution in [0.4, 0.5) is 63.9 Å². The number of carbonyl (C=O) groups excluding carboxylic acids is 4. The number of benzene rings is 10. The lowest BCUT2D eigenvalue weighted by atomic mass is 10.1. The van der Waals surface area contributed by atoms with E-state index in [1.54, 1.807) is 213 Å². The molecule has 0 radical (unpaired) electrons. The largest absolute Gasteiger partial charge is 0.444 e. The van der Waals surface area contributed by atoms with E-state index in [1.165, 1.54) is 116 Å². The molecule has 16 aromatic rings. The van der Waals surface area contributed by atoms with Crippen LogP contribution in [0, 0.1) is 42.9 Å². The predicted molar refractivity (Wildman–Crippen MR) is 575 cm³/mol. The number of nitrogens with zero attached hydrogens (tertiary/aromatic N) is 9. The van der Waals surface area contributed by atoms with E-state index in [0.717, 1.165) is 89.1 Å². The fraction of sp³-hybridized carbons (Fsp3) is 0.262. The van der Waals surface area contributed by atoms with E-state index in [4.69, 9.17) is 18.9 Å². The highest BCUT2D eigenvalue weighted by molar-refractivity contribution is 9.11. The molecular formula is C107H113Br3F5N13O16S4. The van der Waals surface area contributed by atoms with Gasteiger partial charge in [0.15, 0.2) is 0 Å². The summed E-state index contributed by atoms with van der Waals surface area (Å²) < 4.78 is 205. The quantitative estimate of drug-likeness (QED) is 0.0362. The van der Waals surface area contributed by atoms with Gasteiger partial charge in [-0.15, -0.1) is 0 Å². The van der Waals surface area contributed by atoms with E-state index >= 15 is 0 Å². The molecule has 0 bridgehead atoms. The van der Waals surface area contributed by atoms with E-state index in [9.17, 15) is 74.8 Å². The summed E-state index contributed by atoms with van der Waals surface area (Å²) in [5, 5.41) is 12.8. The number of aromatic nitrogens is 6. The third kappa shape index (κ3) is 28.5. The molecule has 0 saturated heterocycles. The van der Waals surface area contributed by atoms with Crippen molar-refractivity contribution in [3.63, 3.8) is 0 Å². The van der Waals surface area contributed by atoms with Crippen molar-refractivity contribution < 1.29 is 93.7 Å². The summed E-state index contributed by atoms with van der Waals surface area (Å²) in [4.78, 5) is 61.6. The van der Waals surface area contributed by atoms with Gasteiger partial charge in [-0.2, -0.15) is 0 Å². The molecule has 4 N–H and O–H groups in total. The van der Waals surface area contributed by atoms with Crippen LogP contribution in [0.5, 0.6) is 0 Å². The first-order valence-corrected chi connectivity index (χ1v) is 54.1. The minimum Gasteiger partial charge on any atom is -0.444 e. The Morgan fingerprint density at radius 3 is 0.993 bits per heavy atom. The van der Waals surface area contributed by atoms with E-state index in [-0.39, 0.29) is 62.2 Å². The summed E-state index contributed by atoms with van der Waals surface area (Å²) >= 11 is 10.2. The van der Waals surface area contributed by atoms with Gasteiger partial charge in [0.2, 0.25) is 0 Å². The van der Waals surface area contributed by atoms with Crippen molar-refractivity contribution in [3.05, 3.63) is 337 Å². The molecular weight excluding hydrogens is 2190 g/mol. The Balaban J connectivity index is 0.000000166. The number of aromatic amines is 1. The first kappa shape index (κ1) is 113. The number of hydrogen-bond donors (Lipinski definition) is 4. The molecule has 41 heteroatoms. The molecule has 0 aliphatic rings. The number of amides is 4. The van der Waals surface area contributed by atoms with Crippen molar-refractivity contribution in [2.24, 2.45) is 0 Å². The number of fused-ring (bicyclic) bond motifs is 5. The van der Waals surface area contributed by atoms with Crippen LogP contribution in [0.2, 0.25) is 0 Å². The number of hydrogen-bond acceptors (Lipinski definition) is 20. The number of ether oxygens (including phenoxy) is 4. The number of carbonyl (C=O) groups is 4.